The first-order chi connectivity index (χ1) is 11.0. The number of nitrogens with one attached hydrogen (secondary N) is 1. The number of aromatic nitrogens is 2. The van der Waals surface area contributed by atoms with E-state index in [2.05, 4.69) is 22.3 Å². The Morgan fingerprint density at radius 2 is 2.04 bits per heavy atom. The highest BCUT2D eigenvalue weighted by Crippen LogP contribution is 2.21. The molecule has 1 unspecified atom stereocenters. The van der Waals surface area contributed by atoms with Crippen LogP contribution in [-0.2, 0) is 4.79 Å². The molecule has 0 aliphatic rings. The van der Waals surface area contributed by atoms with Crippen molar-refractivity contribution in [2.75, 3.05) is 18.8 Å². The summed E-state index contributed by atoms with van der Waals surface area (Å²) in [5, 5.41) is 7.02. The second kappa shape index (κ2) is 8.17. The van der Waals surface area contributed by atoms with Crippen LogP contribution in [0.1, 0.15) is 29.9 Å². The number of H-pyrrole nitrogens is 1. The first-order valence-corrected chi connectivity index (χ1v) is 8.76. The van der Waals surface area contributed by atoms with Crippen molar-refractivity contribution in [1.82, 2.24) is 15.1 Å². The highest BCUT2D eigenvalue weighted by atomic mass is 32.2. The molecule has 1 amide bonds. The summed E-state index contributed by atoms with van der Waals surface area (Å²) in [6, 6.07) is 9.53. The van der Waals surface area contributed by atoms with Gasteiger partial charge in [-0.05, 0) is 32.9 Å². The lowest BCUT2D eigenvalue weighted by atomic mass is 10.0. The Kier molecular flexibility index (Phi) is 6.24. The van der Waals surface area contributed by atoms with Gasteiger partial charge in [-0.3, -0.25) is 9.89 Å². The number of carbonyl (C=O) groups excluding carboxylic acids is 1. The molecule has 0 aliphatic carbocycles. The number of nitrogens with zero attached hydrogens (tertiary/aromatic N) is 2. The van der Waals surface area contributed by atoms with Crippen molar-refractivity contribution in [2.45, 2.75) is 31.7 Å². The van der Waals surface area contributed by atoms with Gasteiger partial charge in [-0.1, -0.05) is 18.2 Å². The number of nitrogens with two attached hydrogens (primary N) is 1. The molecule has 2 aromatic rings. The molecule has 3 N–H and O–H groups in total. The molecule has 0 saturated carbocycles. The van der Waals surface area contributed by atoms with Gasteiger partial charge in [-0.15, -0.1) is 11.8 Å². The number of benzene rings is 1. The van der Waals surface area contributed by atoms with Crippen molar-refractivity contribution in [3.63, 3.8) is 0 Å². The molecule has 1 heterocycles. The zero-order valence-corrected chi connectivity index (χ0v) is 14.7. The van der Waals surface area contributed by atoms with Gasteiger partial charge >= 0.3 is 0 Å². The summed E-state index contributed by atoms with van der Waals surface area (Å²) in [6.07, 6.45) is 0. The summed E-state index contributed by atoms with van der Waals surface area (Å²) < 4.78 is 0. The molecule has 6 heteroatoms. The first-order valence-electron chi connectivity index (χ1n) is 7.78. The molecule has 1 aromatic carbocycles. The Labute approximate surface area is 141 Å². The monoisotopic (exact) mass is 332 g/mol. The normalized spacial score (nSPS) is 12.2. The van der Waals surface area contributed by atoms with E-state index < -0.39 is 6.04 Å². The van der Waals surface area contributed by atoms with E-state index in [0.29, 0.717) is 13.1 Å². The Morgan fingerprint density at radius 1 is 1.35 bits per heavy atom. The molecule has 124 valence electrons. The SMILES string of the molecule is CCN(CCSc1ccccc1)C(=O)C(N)c1c(C)n[nH]c1C. The average molecular weight is 332 g/mol. The first kappa shape index (κ1) is 17.6. The van der Waals surface area contributed by atoms with Crippen LogP contribution in [0.25, 0.3) is 0 Å². The van der Waals surface area contributed by atoms with Crippen LogP contribution < -0.4 is 5.73 Å². The molecule has 0 bridgehead atoms. The Bertz CT molecular complexity index is 622. The van der Waals surface area contributed by atoms with Crippen molar-refractivity contribution in [3.05, 3.63) is 47.3 Å². The van der Waals surface area contributed by atoms with E-state index in [-0.39, 0.29) is 5.91 Å². The van der Waals surface area contributed by atoms with Crippen LogP contribution >= 0.6 is 11.8 Å². The predicted molar refractivity (Wildman–Crippen MR) is 94.4 cm³/mol. The van der Waals surface area contributed by atoms with Gasteiger partial charge in [0.2, 0.25) is 5.91 Å². The number of amides is 1. The van der Waals surface area contributed by atoms with E-state index in [1.54, 1.807) is 11.8 Å². The van der Waals surface area contributed by atoms with Gasteiger partial charge in [0, 0.05) is 35.0 Å². The van der Waals surface area contributed by atoms with Gasteiger partial charge in [0.1, 0.15) is 6.04 Å². The zero-order chi connectivity index (χ0) is 16.8. The summed E-state index contributed by atoms with van der Waals surface area (Å²) in [4.78, 5) is 15.7. The predicted octanol–water partition coefficient (Wildman–Crippen LogP) is 2.67. The van der Waals surface area contributed by atoms with Gasteiger partial charge in [-0.2, -0.15) is 5.10 Å². The highest BCUT2D eigenvalue weighted by Gasteiger charge is 2.25. The fraction of sp³-hybridized carbons (Fsp3) is 0.412. The third kappa shape index (κ3) is 4.36. The summed E-state index contributed by atoms with van der Waals surface area (Å²) in [7, 11) is 0. The number of hydrogen-bond acceptors (Lipinski definition) is 4. The number of likely N-dealkylation sites (N-methyl/N-ethyl adjacent to an activating group) is 1. The van der Waals surface area contributed by atoms with Gasteiger partial charge in [0.25, 0.3) is 0 Å². The number of rotatable bonds is 7. The fourth-order valence-electron chi connectivity index (χ4n) is 2.55. The second-order valence-electron chi connectivity index (χ2n) is 5.40. The molecule has 0 aliphatic heterocycles. The number of carbonyl (C=O) groups is 1. The van der Waals surface area contributed by atoms with Gasteiger partial charge < -0.3 is 10.6 Å². The Hall–Kier alpha value is -1.79. The van der Waals surface area contributed by atoms with E-state index in [4.69, 9.17) is 5.73 Å². The van der Waals surface area contributed by atoms with E-state index in [9.17, 15) is 4.79 Å². The maximum atomic E-state index is 12.7. The van der Waals surface area contributed by atoms with E-state index >= 15 is 0 Å². The molecule has 0 saturated heterocycles. The quantitative estimate of drug-likeness (QED) is 0.764. The Balaban J connectivity index is 1.95. The number of hydrogen-bond donors (Lipinski definition) is 2. The summed E-state index contributed by atoms with van der Waals surface area (Å²) in [6.45, 7) is 7.07. The second-order valence-corrected chi connectivity index (χ2v) is 6.57. The van der Waals surface area contributed by atoms with Crippen LogP contribution in [-0.4, -0.2) is 39.8 Å². The minimum atomic E-state index is -0.657. The number of thioether (sulfide) groups is 1. The lowest BCUT2D eigenvalue weighted by molar-refractivity contribution is -0.132. The van der Waals surface area contributed by atoms with Crippen molar-refractivity contribution in [1.29, 1.82) is 0 Å². The van der Waals surface area contributed by atoms with Crippen LogP contribution in [0.3, 0.4) is 0 Å². The standard InChI is InChI=1S/C17H24N4OS/c1-4-21(10-11-23-14-8-6-5-7-9-14)17(22)16(18)15-12(2)19-20-13(15)3/h5-9,16H,4,10-11,18H2,1-3H3,(H,19,20). The highest BCUT2D eigenvalue weighted by molar-refractivity contribution is 7.99. The molecule has 2 rings (SSSR count). The zero-order valence-electron chi connectivity index (χ0n) is 13.9. The lowest BCUT2D eigenvalue weighted by Gasteiger charge is -2.24. The topological polar surface area (TPSA) is 75.0 Å². The maximum Gasteiger partial charge on any atom is 0.244 e. The Morgan fingerprint density at radius 3 is 2.61 bits per heavy atom. The van der Waals surface area contributed by atoms with Crippen molar-refractivity contribution < 1.29 is 4.79 Å². The van der Waals surface area contributed by atoms with Crippen molar-refractivity contribution in [3.8, 4) is 0 Å². The average Bonchev–Trinajstić information content (AvgIpc) is 2.90. The maximum absolute atomic E-state index is 12.7. The molecule has 1 aromatic heterocycles. The van der Waals surface area contributed by atoms with Crippen LogP contribution in [0.4, 0.5) is 0 Å². The third-order valence-corrected chi connectivity index (χ3v) is 4.82. The smallest absolute Gasteiger partial charge is 0.244 e. The summed E-state index contributed by atoms with van der Waals surface area (Å²) in [5.74, 6) is 0.799. The van der Waals surface area contributed by atoms with E-state index in [0.717, 1.165) is 22.7 Å². The van der Waals surface area contributed by atoms with Gasteiger partial charge in [-0.25, -0.2) is 0 Å². The molecular formula is C17H24N4OS. The third-order valence-electron chi connectivity index (χ3n) is 3.83. The summed E-state index contributed by atoms with van der Waals surface area (Å²) >= 11 is 1.74. The molecule has 5 nitrogen and oxygen atoms in total. The van der Waals surface area contributed by atoms with Crippen LogP contribution in [0.2, 0.25) is 0 Å². The molecule has 23 heavy (non-hydrogen) atoms. The van der Waals surface area contributed by atoms with E-state index in [1.807, 2.05) is 43.9 Å². The minimum absolute atomic E-state index is 0.0474. The van der Waals surface area contributed by atoms with Crippen molar-refractivity contribution >= 4 is 17.7 Å². The van der Waals surface area contributed by atoms with Crippen LogP contribution in [0.5, 0.6) is 0 Å². The number of aryl methyl sites for hydroxylation is 2. The largest absolute Gasteiger partial charge is 0.340 e. The molecule has 0 radical (unpaired) electrons. The molecule has 0 fully saturated rings. The van der Waals surface area contributed by atoms with E-state index in [1.165, 1.54) is 4.90 Å². The van der Waals surface area contributed by atoms with Gasteiger partial charge in [0.05, 0.1) is 5.69 Å². The molecular weight excluding hydrogens is 308 g/mol. The van der Waals surface area contributed by atoms with Crippen LogP contribution in [0.15, 0.2) is 35.2 Å². The van der Waals surface area contributed by atoms with Crippen molar-refractivity contribution in [2.24, 2.45) is 5.73 Å². The lowest BCUT2D eigenvalue weighted by Crippen LogP contribution is -2.40. The van der Waals surface area contributed by atoms with Crippen LogP contribution in [0, 0.1) is 13.8 Å². The van der Waals surface area contributed by atoms with Gasteiger partial charge in [0.15, 0.2) is 0 Å². The molecule has 0 spiro atoms. The summed E-state index contributed by atoms with van der Waals surface area (Å²) in [5.41, 5.74) is 8.64. The molecule has 1 atom stereocenters. The fourth-order valence-corrected chi connectivity index (χ4v) is 3.45. The minimum Gasteiger partial charge on any atom is -0.340 e. The number of aromatic amines is 1.